The zero-order valence-corrected chi connectivity index (χ0v) is 13.4. The van der Waals surface area contributed by atoms with Crippen molar-refractivity contribution in [1.82, 2.24) is 9.97 Å². The van der Waals surface area contributed by atoms with Gasteiger partial charge in [0.15, 0.2) is 0 Å². The van der Waals surface area contributed by atoms with Crippen molar-refractivity contribution in [3.63, 3.8) is 0 Å². The Morgan fingerprint density at radius 3 is 2.48 bits per heavy atom. The van der Waals surface area contributed by atoms with Gasteiger partial charge in [-0.3, -0.25) is 0 Å². The molecule has 0 bridgehead atoms. The van der Waals surface area contributed by atoms with E-state index in [0.29, 0.717) is 11.4 Å². The van der Waals surface area contributed by atoms with Gasteiger partial charge in [0.25, 0.3) is 0 Å². The first-order valence-corrected chi connectivity index (χ1v) is 7.32. The van der Waals surface area contributed by atoms with Crippen LogP contribution in [-0.4, -0.2) is 30.1 Å². The summed E-state index contributed by atoms with van der Waals surface area (Å²) >= 11 is 6.03. The number of aromatic nitrogens is 2. The van der Waals surface area contributed by atoms with Crippen LogP contribution in [0.2, 0.25) is 5.28 Å². The third-order valence-electron chi connectivity index (χ3n) is 3.55. The summed E-state index contributed by atoms with van der Waals surface area (Å²) in [6, 6.07) is 14.7. The van der Waals surface area contributed by atoms with Gasteiger partial charge in [-0.15, -0.1) is 0 Å². The number of methoxy groups -OCH3 is 1. The molecule has 0 saturated carbocycles. The number of fused-ring (bicyclic) bond motifs is 1. The molecule has 0 atom stereocenters. The number of para-hydroxylation sites is 1. The van der Waals surface area contributed by atoms with Crippen LogP contribution >= 0.6 is 11.6 Å². The third kappa shape index (κ3) is 2.96. The van der Waals surface area contributed by atoms with E-state index >= 15 is 0 Å². The number of rotatable bonds is 3. The second-order valence-corrected chi connectivity index (χ2v) is 5.27. The SMILES string of the molecule is COC(=O)c1ccc(N(C)c2nc(Cl)nc3ccccc23)cc1. The molecule has 5 nitrogen and oxygen atoms in total. The van der Waals surface area contributed by atoms with Crippen molar-refractivity contribution in [3.8, 4) is 0 Å². The molecule has 0 amide bonds. The van der Waals surface area contributed by atoms with E-state index in [-0.39, 0.29) is 11.3 Å². The van der Waals surface area contributed by atoms with Gasteiger partial charge in [0, 0.05) is 18.1 Å². The standard InChI is InChI=1S/C17H14ClN3O2/c1-21(12-9-7-11(8-10-12)16(22)23-2)15-13-5-3-4-6-14(13)19-17(18)20-15/h3-10H,1-2H3. The highest BCUT2D eigenvalue weighted by Gasteiger charge is 2.13. The summed E-state index contributed by atoms with van der Waals surface area (Å²) in [6.07, 6.45) is 0. The smallest absolute Gasteiger partial charge is 0.337 e. The fraction of sp³-hybridized carbons (Fsp3) is 0.118. The summed E-state index contributed by atoms with van der Waals surface area (Å²) < 4.78 is 4.70. The highest BCUT2D eigenvalue weighted by Crippen LogP contribution is 2.29. The van der Waals surface area contributed by atoms with Gasteiger partial charge >= 0.3 is 5.97 Å². The number of anilines is 2. The van der Waals surface area contributed by atoms with Gasteiger partial charge in [0.05, 0.1) is 18.2 Å². The first-order chi connectivity index (χ1) is 11.1. The first-order valence-electron chi connectivity index (χ1n) is 6.94. The summed E-state index contributed by atoms with van der Waals surface area (Å²) in [6.45, 7) is 0. The largest absolute Gasteiger partial charge is 0.465 e. The Morgan fingerprint density at radius 1 is 1.09 bits per heavy atom. The number of benzene rings is 2. The topological polar surface area (TPSA) is 55.3 Å². The van der Waals surface area contributed by atoms with Gasteiger partial charge in [-0.05, 0) is 48.0 Å². The molecule has 0 fully saturated rings. The van der Waals surface area contributed by atoms with Crippen molar-refractivity contribution in [1.29, 1.82) is 0 Å². The van der Waals surface area contributed by atoms with Gasteiger partial charge in [-0.2, -0.15) is 4.98 Å². The van der Waals surface area contributed by atoms with Crippen LogP contribution in [0.4, 0.5) is 11.5 Å². The Labute approximate surface area is 138 Å². The molecule has 0 aliphatic carbocycles. The normalized spacial score (nSPS) is 10.6. The van der Waals surface area contributed by atoms with E-state index in [1.54, 1.807) is 12.1 Å². The molecule has 0 saturated heterocycles. The van der Waals surface area contributed by atoms with Crippen molar-refractivity contribution >= 4 is 40.0 Å². The Kier molecular flexibility index (Phi) is 4.12. The molecule has 1 heterocycles. The molecule has 0 radical (unpaired) electrons. The highest BCUT2D eigenvalue weighted by molar-refractivity contribution is 6.28. The molecular formula is C17H14ClN3O2. The maximum Gasteiger partial charge on any atom is 0.337 e. The third-order valence-corrected chi connectivity index (χ3v) is 3.72. The van der Waals surface area contributed by atoms with E-state index in [1.165, 1.54) is 7.11 Å². The minimum atomic E-state index is -0.366. The molecule has 1 aromatic heterocycles. The average Bonchev–Trinajstić information content (AvgIpc) is 2.59. The Balaban J connectivity index is 2.03. The van der Waals surface area contributed by atoms with Gasteiger partial charge in [0.2, 0.25) is 5.28 Å². The maximum atomic E-state index is 11.5. The quantitative estimate of drug-likeness (QED) is 0.540. The van der Waals surface area contributed by atoms with Crippen LogP contribution in [0.1, 0.15) is 10.4 Å². The fourth-order valence-corrected chi connectivity index (χ4v) is 2.52. The minimum absolute atomic E-state index is 0.191. The Morgan fingerprint density at radius 2 is 1.78 bits per heavy atom. The Bertz CT molecular complexity index is 865. The predicted octanol–water partition coefficient (Wildman–Crippen LogP) is 3.84. The molecule has 0 aliphatic rings. The van der Waals surface area contributed by atoms with Crippen LogP contribution in [0, 0.1) is 0 Å². The molecule has 3 aromatic rings. The molecule has 116 valence electrons. The van der Waals surface area contributed by atoms with Crippen molar-refractivity contribution in [2.45, 2.75) is 0 Å². The number of halogens is 1. The second kappa shape index (κ2) is 6.22. The van der Waals surface area contributed by atoms with Gasteiger partial charge in [0.1, 0.15) is 5.82 Å². The number of hydrogen-bond acceptors (Lipinski definition) is 5. The molecule has 0 aliphatic heterocycles. The summed E-state index contributed by atoms with van der Waals surface area (Å²) in [5.41, 5.74) is 2.15. The van der Waals surface area contributed by atoms with Gasteiger partial charge < -0.3 is 9.64 Å². The molecular weight excluding hydrogens is 314 g/mol. The van der Waals surface area contributed by atoms with E-state index in [1.807, 2.05) is 48.3 Å². The monoisotopic (exact) mass is 327 g/mol. The van der Waals surface area contributed by atoms with E-state index in [9.17, 15) is 4.79 Å². The molecule has 0 spiro atoms. The van der Waals surface area contributed by atoms with Crippen LogP contribution < -0.4 is 4.90 Å². The van der Waals surface area contributed by atoms with Crippen LogP contribution in [-0.2, 0) is 4.74 Å². The maximum absolute atomic E-state index is 11.5. The molecule has 3 rings (SSSR count). The molecule has 2 aromatic carbocycles. The van der Waals surface area contributed by atoms with Crippen LogP contribution in [0.15, 0.2) is 48.5 Å². The number of esters is 1. The van der Waals surface area contributed by atoms with Crippen molar-refractivity contribution < 1.29 is 9.53 Å². The van der Waals surface area contributed by atoms with E-state index in [2.05, 4.69) is 9.97 Å². The lowest BCUT2D eigenvalue weighted by Gasteiger charge is -2.20. The lowest BCUT2D eigenvalue weighted by molar-refractivity contribution is 0.0601. The van der Waals surface area contributed by atoms with Gasteiger partial charge in [-0.25, -0.2) is 9.78 Å². The number of nitrogens with zero attached hydrogens (tertiary/aromatic N) is 3. The summed E-state index contributed by atoms with van der Waals surface area (Å²) in [4.78, 5) is 22.0. The Hall–Kier alpha value is -2.66. The van der Waals surface area contributed by atoms with Crippen molar-refractivity contribution in [2.75, 3.05) is 19.1 Å². The number of carbonyl (C=O) groups is 1. The molecule has 6 heteroatoms. The second-order valence-electron chi connectivity index (χ2n) is 4.93. The van der Waals surface area contributed by atoms with Crippen molar-refractivity contribution in [2.24, 2.45) is 0 Å². The zero-order chi connectivity index (χ0) is 16.4. The van der Waals surface area contributed by atoms with Gasteiger partial charge in [-0.1, -0.05) is 12.1 Å². The summed E-state index contributed by atoms with van der Waals surface area (Å²) in [7, 11) is 3.25. The lowest BCUT2D eigenvalue weighted by atomic mass is 10.2. The molecule has 23 heavy (non-hydrogen) atoms. The van der Waals surface area contributed by atoms with E-state index < -0.39 is 0 Å². The summed E-state index contributed by atoms with van der Waals surface area (Å²) in [5, 5.41) is 1.09. The molecule has 0 unspecified atom stereocenters. The zero-order valence-electron chi connectivity index (χ0n) is 12.7. The van der Waals surface area contributed by atoms with Crippen molar-refractivity contribution in [3.05, 3.63) is 59.4 Å². The van der Waals surface area contributed by atoms with Crippen LogP contribution in [0.3, 0.4) is 0 Å². The summed E-state index contributed by atoms with van der Waals surface area (Å²) in [5.74, 6) is 0.334. The fourth-order valence-electron chi connectivity index (χ4n) is 2.35. The minimum Gasteiger partial charge on any atom is -0.465 e. The number of carbonyl (C=O) groups excluding carboxylic acids is 1. The van der Waals surface area contributed by atoms with E-state index in [0.717, 1.165) is 16.6 Å². The molecule has 0 N–H and O–H groups in total. The predicted molar refractivity (Wildman–Crippen MR) is 90.4 cm³/mol. The average molecular weight is 328 g/mol. The van der Waals surface area contributed by atoms with Crippen LogP contribution in [0.25, 0.3) is 10.9 Å². The number of hydrogen-bond donors (Lipinski definition) is 0. The first kappa shape index (κ1) is 15.2. The number of ether oxygens (including phenoxy) is 1. The lowest BCUT2D eigenvalue weighted by Crippen LogP contribution is -2.12. The highest BCUT2D eigenvalue weighted by atomic mass is 35.5. The van der Waals surface area contributed by atoms with Crippen LogP contribution in [0.5, 0.6) is 0 Å². The van der Waals surface area contributed by atoms with E-state index in [4.69, 9.17) is 16.3 Å².